The number of amides is 1. The predicted octanol–water partition coefficient (Wildman–Crippen LogP) is 1.73. The summed E-state index contributed by atoms with van der Waals surface area (Å²) in [5.41, 5.74) is 4.03. The Balaban J connectivity index is 1.60. The van der Waals surface area contributed by atoms with Crippen LogP contribution in [0.1, 0.15) is 27.2 Å². The van der Waals surface area contributed by atoms with E-state index in [4.69, 9.17) is 5.11 Å². The van der Waals surface area contributed by atoms with E-state index in [1.807, 2.05) is 31.2 Å². The van der Waals surface area contributed by atoms with Crippen LogP contribution < -0.4 is 5.32 Å². The third-order valence-corrected chi connectivity index (χ3v) is 3.77. The van der Waals surface area contributed by atoms with Gasteiger partial charge in [0.2, 0.25) is 0 Å². The number of H-pyrrole nitrogens is 1. The van der Waals surface area contributed by atoms with Gasteiger partial charge < -0.3 is 10.4 Å². The maximum atomic E-state index is 12.2. The monoisotopic (exact) mass is 310 g/mol. The molecule has 1 aromatic carbocycles. The highest BCUT2D eigenvalue weighted by atomic mass is 16.3. The Bertz CT molecular complexity index is 824. The lowest BCUT2D eigenvalue weighted by atomic mass is 10.1. The molecule has 0 bridgehead atoms. The molecule has 3 rings (SSSR count). The fraction of sp³-hybridized carbons (Fsp3) is 0.235. The van der Waals surface area contributed by atoms with Crippen molar-refractivity contribution in [2.45, 2.75) is 20.0 Å². The van der Waals surface area contributed by atoms with Gasteiger partial charge in [-0.25, -0.2) is 4.98 Å². The molecular weight excluding hydrogens is 292 g/mol. The molecule has 0 aliphatic heterocycles. The van der Waals surface area contributed by atoms with E-state index in [0.29, 0.717) is 17.8 Å². The van der Waals surface area contributed by atoms with E-state index in [1.54, 1.807) is 6.07 Å². The van der Waals surface area contributed by atoms with Gasteiger partial charge in [0.25, 0.3) is 5.91 Å². The number of hydrogen-bond donors (Lipinski definition) is 3. The minimum absolute atomic E-state index is 0.0416. The van der Waals surface area contributed by atoms with Crippen LogP contribution in [-0.4, -0.2) is 32.7 Å². The molecule has 0 aliphatic rings. The van der Waals surface area contributed by atoms with Crippen molar-refractivity contribution in [1.29, 1.82) is 0 Å². The summed E-state index contributed by atoms with van der Waals surface area (Å²) in [6, 6.07) is 9.49. The van der Waals surface area contributed by atoms with Gasteiger partial charge in [-0.05, 0) is 30.5 Å². The van der Waals surface area contributed by atoms with Crippen LogP contribution in [0.25, 0.3) is 11.0 Å². The first-order chi connectivity index (χ1) is 11.2. The van der Waals surface area contributed by atoms with Crippen LogP contribution in [0.4, 0.5) is 0 Å². The first-order valence-corrected chi connectivity index (χ1v) is 7.45. The molecule has 0 fully saturated rings. The zero-order valence-corrected chi connectivity index (χ0v) is 12.8. The quantitative estimate of drug-likeness (QED) is 0.669. The van der Waals surface area contributed by atoms with Crippen LogP contribution in [0.15, 0.2) is 36.5 Å². The number of benzene rings is 1. The minimum Gasteiger partial charge on any atom is -0.392 e. The van der Waals surface area contributed by atoms with Crippen LogP contribution >= 0.6 is 0 Å². The van der Waals surface area contributed by atoms with Gasteiger partial charge in [-0.3, -0.25) is 9.89 Å². The van der Waals surface area contributed by atoms with Crippen molar-refractivity contribution in [2.75, 3.05) is 6.54 Å². The van der Waals surface area contributed by atoms with Gasteiger partial charge in [0.1, 0.15) is 0 Å². The number of carbonyl (C=O) groups is 1. The molecule has 2 heterocycles. The maximum absolute atomic E-state index is 12.2. The summed E-state index contributed by atoms with van der Waals surface area (Å²) in [6.45, 7) is 2.48. The number of pyridine rings is 1. The van der Waals surface area contributed by atoms with Crippen LogP contribution in [0, 0.1) is 6.92 Å². The van der Waals surface area contributed by atoms with Gasteiger partial charge in [0.15, 0.2) is 5.65 Å². The minimum atomic E-state index is -0.146. The van der Waals surface area contributed by atoms with E-state index in [2.05, 4.69) is 20.5 Å². The molecule has 3 N–H and O–H groups in total. The van der Waals surface area contributed by atoms with Crippen LogP contribution in [-0.2, 0) is 13.0 Å². The lowest BCUT2D eigenvalue weighted by molar-refractivity contribution is 0.0954. The van der Waals surface area contributed by atoms with E-state index < -0.39 is 0 Å². The Kier molecular flexibility index (Phi) is 4.34. The van der Waals surface area contributed by atoms with Gasteiger partial charge in [-0.2, -0.15) is 5.10 Å². The molecule has 6 nitrogen and oxygen atoms in total. The number of aliphatic hydroxyl groups is 1. The summed E-state index contributed by atoms with van der Waals surface area (Å²) in [6.07, 6.45) is 2.27. The molecule has 0 saturated heterocycles. The fourth-order valence-corrected chi connectivity index (χ4v) is 2.38. The van der Waals surface area contributed by atoms with Gasteiger partial charge >= 0.3 is 0 Å². The Labute approximate surface area is 133 Å². The summed E-state index contributed by atoms with van der Waals surface area (Å²) in [4.78, 5) is 16.4. The third-order valence-electron chi connectivity index (χ3n) is 3.77. The number of aromatic nitrogens is 3. The molecule has 0 spiro atoms. The molecule has 118 valence electrons. The van der Waals surface area contributed by atoms with Crippen molar-refractivity contribution in [1.82, 2.24) is 20.5 Å². The number of rotatable bonds is 5. The zero-order valence-electron chi connectivity index (χ0n) is 12.8. The van der Waals surface area contributed by atoms with Crippen LogP contribution in [0.5, 0.6) is 0 Å². The molecular formula is C17H18N4O2. The Morgan fingerprint density at radius 1 is 1.26 bits per heavy atom. The Hall–Kier alpha value is -2.73. The number of aliphatic hydroxyl groups excluding tert-OH is 1. The first-order valence-electron chi connectivity index (χ1n) is 7.45. The predicted molar refractivity (Wildman–Crippen MR) is 87.0 cm³/mol. The molecule has 6 heteroatoms. The highest BCUT2D eigenvalue weighted by molar-refractivity contribution is 5.97. The molecule has 0 aliphatic carbocycles. The van der Waals surface area contributed by atoms with Gasteiger partial charge in [0.05, 0.1) is 12.2 Å². The summed E-state index contributed by atoms with van der Waals surface area (Å²) in [5, 5.41) is 19.7. The summed E-state index contributed by atoms with van der Waals surface area (Å²) >= 11 is 0. The topological polar surface area (TPSA) is 90.9 Å². The number of carbonyl (C=O) groups excluding carboxylic acids is 1. The number of hydrogen-bond acceptors (Lipinski definition) is 4. The van der Waals surface area contributed by atoms with E-state index in [9.17, 15) is 4.79 Å². The van der Waals surface area contributed by atoms with Crippen molar-refractivity contribution in [3.05, 3.63) is 58.9 Å². The summed E-state index contributed by atoms with van der Waals surface area (Å²) in [7, 11) is 0. The van der Waals surface area contributed by atoms with Gasteiger partial charge in [-0.15, -0.1) is 0 Å². The SMILES string of the molecule is Cc1[nH]nc2ncc(C(=O)NCCc3ccc(CO)cc3)cc12. The summed E-state index contributed by atoms with van der Waals surface area (Å²) < 4.78 is 0. The number of fused-ring (bicyclic) bond motifs is 1. The molecule has 0 radical (unpaired) electrons. The standard InChI is InChI=1S/C17H18N4O2/c1-11-15-8-14(9-19-16(15)21-20-11)17(23)18-7-6-12-2-4-13(10-22)5-3-12/h2-5,8-9,22H,6-7,10H2,1H3,(H,18,23)(H,19,20,21). The highest BCUT2D eigenvalue weighted by Crippen LogP contribution is 2.14. The lowest BCUT2D eigenvalue weighted by Crippen LogP contribution is -2.25. The smallest absolute Gasteiger partial charge is 0.252 e. The molecule has 23 heavy (non-hydrogen) atoms. The number of nitrogens with zero attached hydrogens (tertiary/aromatic N) is 2. The normalized spacial score (nSPS) is 10.9. The van der Waals surface area contributed by atoms with E-state index in [1.165, 1.54) is 6.20 Å². The highest BCUT2D eigenvalue weighted by Gasteiger charge is 2.09. The van der Waals surface area contributed by atoms with Gasteiger partial charge in [0, 0.05) is 23.8 Å². The summed E-state index contributed by atoms with van der Waals surface area (Å²) in [5.74, 6) is -0.146. The Morgan fingerprint density at radius 2 is 2.00 bits per heavy atom. The average Bonchev–Trinajstić information content (AvgIpc) is 2.96. The number of aromatic amines is 1. The maximum Gasteiger partial charge on any atom is 0.252 e. The molecule has 0 unspecified atom stereocenters. The average molecular weight is 310 g/mol. The lowest BCUT2D eigenvalue weighted by Gasteiger charge is -2.06. The Morgan fingerprint density at radius 3 is 2.74 bits per heavy atom. The van der Waals surface area contributed by atoms with E-state index in [0.717, 1.165) is 28.6 Å². The van der Waals surface area contributed by atoms with Gasteiger partial charge in [-0.1, -0.05) is 24.3 Å². The molecule has 0 saturated carbocycles. The second-order valence-electron chi connectivity index (χ2n) is 5.42. The van der Waals surface area contributed by atoms with Crippen molar-refractivity contribution in [3.63, 3.8) is 0 Å². The third kappa shape index (κ3) is 3.37. The molecule has 0 atom stereocenters. The second-order valence-corrected chi connectivity index (χ2v) is 5.42. The van der Waals surface area contributed by atoms with Crippen LogP contribution in [0.2, 0.25) is 0 Å². The largest absolute Gasteiger partial charge is 0.392 e. The molecule has 1 amide bonds. The van der Waals surface area contributed by atoms with E-state index >= 15 is 0 Å². The number of aryl methyl sites for hydroxylation is 1. The zero-order chi connectivity index (χ0) is 16.2. The molecule has 2 aromatic heterocycles. The number of nitrogens with one attached hydrogen (secondary N) is 2. The van der Waals surface area contributed by atoms with Crippen molar-refractivity contribution in [3.8, 4) is 0 Å². The van der Waals surface area contributed by atoms with Crippen LogP contribution in [0.3, 0.4) is 0 Å². The van der Waals surface area contributed by atoms with Crippen molar-refractivity contribution in [2.24, 2.45) is 0 Å². The van der Waals surface area contributed by atoms with Crippen molar-refractivity contribution < 1.29 is 9.90 Å². The molecule has 3 aromatic rings. The second kappa shape index (κ2) is 6.58. The van der Waals surface area contributed by atoms with E-state index in [-0.39, 0.29) is 12.5 Å². The first kappa shape index (κ1) is 15.2. The fourth-order valence-electron chi connectivity index (χ4n) is 2.38. The van der Waals surface area contributed by atoms with Crippen molar-refractivity contribution >= 4 is 16.9 Å².